The van der Waals surface area contributed by atoms with Crippen molar-refractivity contribution >= 4 is 26.2 Å². The van der Waals surface area contributed by atoms with Crippen LogP contribution < -0.4 is 10.1 Å². The number of unbranched alkanes of at least 4 members (excludes halogenated alkanes) is 1. The number of likely N-dealkylation sites (tertiary alicyclic amines) is 1. The standard InChI is InChI=1S/C34H34AsF6N2O3/c36-33(37,38)21-42-31(45)32(27-12-4-1-9-24(27)25-10-2-5-13-28(25)32)17-7-8-18-43-19-15-23(16-20-43)35-30(44)26-11-3-6-14-29(26)46-22-34(39,40)41/h1-6,9-14,23H,7-8,15-22H2,(H,42,45). The van der Waals surface area contributed by atoms with Gasteiger partial charge >= 0.3 is 246 Å². The summed E-state index contributed by atoms with van der Waals surface area (Å²) < 4.78 is 82.3. The van der Waals surface area contributed by atoms with Crippen LogP contribution in [0.1, 0.15) is 53.6 Å². The first-order chi connectivity index (χ1) is 21.9. The topological polar surface area (TPSA) is 58.6 Å². The van der Waals surface area contributed by atoms with Crippen LogP contribution in [0.5, 0.6) is 5.75 Å². The number of halogens is 6. The molecule has 12 heteroatoms. The van der Waals surface area contributed by atoms with Crippen molar-refractivity contribution in [2.75, 3.05) is 32.8 Å². The van der Waals surface area contributed by atoms with E-state index in [4.69, 9.17) is 4.74 Å². The fourth-order valence-corrected chi connectivity index (χ4v) is 8.85. The van der Waals surface area contributed by atoms with E-state index in [1.807, 2.05) is 48.5 Å². The maximum atomic E-state index is 13.7. The molecule has 0 bridgehead atoms. The molecule has 1 aliphatic carbocycles. The molecular formula is C34H34AsF6N2O3. The van der Waals surface area contributed by atoms with E-state index in [2.05, 4.69) is 10.2 Å². The Bertz CT molecular complexity index is 1490. The van der Waals surface area contributed by atoms with Crippen LogP contribution in [0.4, 0.5) is 26.3 Å². The van der Waals surface area contributed by atoms with Crippen molar-refractivity contribution in [3.63, 3.8) is 0 Å². The molecule has 0 unspecified atom stereocenters. The number of hydrogen-bond acceptors (Lipinski definition) is 4. The Hall–Kier alpha value is -3.30. The Labute approximate surface area is 270 Å². The molecule has 0 saturated carbocycles. The van der Waals surface area contributed by atoms with Gasteiger partial charge in [0, 0.05) is 0 Å². The summed E-state index contributed by atoms with van der Waals surface area (Å²) in [4.78, 5) is 29.0. The van der Waals surface area contributed by atoms with Gasteiger partial charge < -0.3 is 0 Å². The predicted octanol–water partition coefficient (Wildman–Crippen LogP) is 7.17. The molecule has 1 radical (unpaired) electrons. The van der Waals surface area contributed by atoms with Crippen LogP contribution in [-0.2, 0) is 10.2 Å². The molecule has 0 spiro atoms. The molecule has 5 rings (SSSR count). The van der Waals surface area contributed by atoms with E-state index in [0.717, 1.165) is 61.2 Å². The van der Waals surface area contributed by atoms with Crippen molar-refractivity contribution in [2.24, 2.45) is 0 Å². The van der Waals surface area contributed by atoms with Crippen molar-refractivity contribution in [3.8, 4) is 16.9 Å². The third-order valence-electron chi connectivity index (χ3n) is 8.54. The van der Waals surface area contributed by atoms with Crippen LogP contribution in [0, 0.1) is 0 Å². The number of carbonyl (C=O) groups is 2. The Kier molecular flexibility index (Phi) is 10.5. The molecule has 1 heterocycles. The number of alkyl halides is 6. The van der Waals surface area contributed by atoms with Crippen LogP contribution in [0.3, 0.4) is 0 Å². The fourth-order valence-electron chi connectivity index (χ4n) is 6.45. The summed E-state index contributed by atoms with van der Waals surface area (Å²) in [5.41, 5.74) is 2.11. The summed E-state index contributed by atoms with van der Waals surface area (Å²) in [5, 5.41) is 2.17. The van der Waals surface area contributed by atoms with Crippen LogP contribution in [0.2, 0.25) is 4.71 Å². The van der Waals surface area contributed by atoms with Crippen LogP contribution in [0.25, 0.3) is 11.1 Å². The zero-order valence-electron chi connectivity index (χ0n) is 25.0. The molecule has 3 aromatic carbocycles. The number of benzene rings is 3. The average molecular weight is 708 g/mol. The predicted molar refractivity (Wildman–Crippen MR) is 163 cm³/mol. The Morgan fingerprint density at radius 3 is 2.02 bits per heavy atom. The number of ether oxygens (including phenoxy) is 1. The van der Waals surface area contributed by atoms with E-state index < -0.39 is 52.6 Å². The Morgan fingerprint density at radius 1 is 0.826 bits per heavy atom. The summed E-state index contributed by atoms with van der Waals surface area (Å²) in [7, 11) is 0. The minimum absolute atomic E-state index is 0.0463. The summed E-state index contributed by atoms with van der Waals surface area (Å²) in [5.74, 6) is -0.698. The molecule has 0 aromatic heterocycles. The van der Waals surface area contributed by atoms with Crippen LogP contribution >= 0.6 is 0 Å². The first-order valence-corrected chi connectivity index (χ1v) is 17.2. The van der Waals surface area contributed by atoms with Crippen molar-refractivity contribution in [2.45, 2.75) is 54.6 Å². The molecule has 2 aliphatic rings. The second-order valence-corrected chi connectivity index (χ2v) is 14.6. The van der Waals surface area contributed by atoms with E-state index in [0.29, 0.717) is 12.8 Å². The van der Waals surface area contributed by atoms with Gasteiger partial charge in [0.25, 0.3) is 0 Å². The van der Waals surface area contributed by atoms with E-state index in [-0.39, 0.29) is 20.6 Å². The molecule has 1 amide bonds. The van der Waals surface area contributed by atoms with Gasteiger partial charge in [-0.25, -0.2) is 0 Å². The Balaban J connectivity index is 1.17. The summed E-state index contributed by atoms with van der Waals surface area (Å²) in [6.45, 7) is -0.575. The van der Waals surface area contributed by atoms with Crippen molar-refractivity contribution < 1.29 is 40.7 Å². The van der Waals surface area contributed by atoms with Gasteiger partial charge in [0.2, 0.25) is 0 Å². The first kappa shape index (κ1) is 34.0. The van der Waals surface area contributed by atoms with Gasteiger partial charge in [0.05, 0.1) is 0 Å². The molecule has 1 N–H and O–H groups in total. The average Bonchev–Trinajstić information content (AvgIpc) is 3.32. The number of para-hydroxylation sites is 1. The number of hydrogen-bond donors (Lipinski definition) is 1. The Morgan fingerprint density at radius 2 is 1.41 bits per heavy atom. The number of fused-ring (bicyclic) bond motifs is 3. The third-order valence-corrected chi connectivity index (χ3v) is 11.4. The molecule has 1 saturated heterocycles. The SMILES string of the molecule is O=C([As]C1CCN(CCCCC2(C(=O)NCC(F)(F)F)c3ccccc3-c3ccccc32)CC1)c1ccccc1OCC(F)(F)F. The molecular weight excluding hydrogens is 673 g/mol. The van der Waals surface area contributed by atoms with Gasteiger partial charge in [0.1, 0.15) is 0 Å². The normalized spacial score (nSPS) is 16.7. The number of rotatable bonds is 12. The molecule has 46 heavy (non-hydrogen) atoms. The van der Waals surface area contributed by atoms with Gasteiger partial charge in [0.15, 0.2) is 0 Å². The zero-order valence-corrected chi connectivity index (χ0v) is 26.8. The van der Waals surface area contributed by atoms with E-state index in [9.17, 15) is 35.9 Å². The van der Waals surface area contributed by atoms with Gasteiger partial charge in [-0.2, -0.15) is 13.2 Å². The van der Waals surface area contributed by atoms with Crippen LogP contribution in [-0.4, -0.2) is 76.3 Å². The molecule has 0 atom stereocenters. The van der Waals surface area contributed by atoms with E-state index in [1.165, 1.54) is 12.1 Å². The molecule has 1 fully saturated rings. The number of nitrogens with zero attached hydrogens (tertiary/aromatic N) is 1. The summed E-state index contributed by atoms with van der Waals surface area (Å²) in [6, 6.07) is 20.8. The fraction of sp³-hybridized carbons (Fsp3) is 0.412. The van der Waals surface area contributed by atoms with Crippen molar-refractivity contribution in [1.29, 1.82) is 0 Å². The summed E-state index contributed by atoms with van der Waals surface area (Å²) in [6.07, 6.45) is -5.73. The van der Waals surface area contributed by atoms with E-state index in [1.54, 1.807) is 12.1 Å². The van der Waals surface area contributed by atoms with Crippen molar-refractivity contribution in [1.82, 2.24) is 10.2 Å². The zero-order chi connectivity index (χ0) is 33.0. The molecule has 245 valence electrons. The second kappa shape index (κ2) is 14.2. The number of amides is 1. The van der Waals surface area contributed by atoms with Gasteiger partial charge in [-0.05, 0) is 0 Å². The van der Waals surface area contributed by atoms with Gasteiger partial charge in [-0.15, -0.1) is 0 Å². The first-order valence-electron chi connectivity index (χ1n) is 15.2. The number of piperidine rings is 1. The van der Waals surface area contributed by atoms with Crippen LogP contribution in [0.15, 0.2) is 72.8 Å². The third kappa shape index (κ3) is 7.97. The number of carbonyl (C=O) groups excluding carboxylic acids is 2. The monoisotopic (exact) mass is 707 g/mol. The maximum absolute atomic E-state index is 13.7. The quantitative estimate of drug-likeness (QED) is 0.123. The van der Waals surface area contributed by atoms with Gasteiger partial charge in [-0.3, -0.25) is 0 Å². The van der Waals surface area contributed by atoms with Gasteiger partial charge in [-0.1, -0.05) is 12.1 Å². The second-order valence-electron chi connectivity index (χ2n) is 11.7. The molecule has 1 aliphatic heterocycles. The number of nitrogens with one attached hydrogen (secondary N) is 1. The summed E-state index contributed by atoms with van der Waals surface area (Å²) >= 11 is -0.791. The van der Waals surface area contributed by atoms with Crippen molar-refractivity contribution in [3.05, 3.63) is 89.5 Å². The van der Waals surface area contributed by atoms with E-state index >= 15 is 0 Å². The molecule has 3 aromatic rings. The molecule has 5 nitrogen and oxygen atoms in total. The minimum atomic E-state index is -4.53.